The molecule has 0 aliphatic heterocycles. The van der Waals surface area contributed by atoms with Crippen molar-refractivity contribution in [2.24, 2.45) is 0 Å². The monoisotopic (exact) mass is 470 g/mol. The maximum Gasteiger partial charge on any atom is 0.243 e. The molecule has 35 heavy (non-hydrogen) atoms. The van der Waals surface area contributed by atoms with Crippen molar-refractivity contribution in [1.29, 1.82) is 0 Å². The molecule has 0 radical (unpaired) electrons. The summed E-state index contributed by atoms with van der Waals surface area (Å²) in [4.78, 5) is 28.9. The second-order valence-electron chi connectivity index (χ2n) is 9.34. The lowest BCUT2D eigenvalue weighted by atomic mass is 10.0. The quantitative estimate of drug-likeness (QED) is 0.341. The van der Waals surface area contributed by atoms with E-state index in [1.54, 1.807) is 4.90 Å². The molecule has 3 rings (SSSR count). The fourth-order valence-corrected chi connectivity index (χ4v) is 4.10. The molecule has 0 saturated carbocycles. The summed E-state index contributed by atoms with van der Waals surface area (Å²) >= 11 is 0. The van der Waals surface area contributed by atoms with E-state index in [0.29, 0.717) is 32.4 Å². The third-order valence-corrected chi connectivity index (χ3v) is 6.32. The molecule has 1 atom stereocenters. The molecule has 1 N–H and O–H groups in total. The molecule has 4 heteroatoms. The van der Waals surface area contributed by atoms with Gasteiger partial charge in [0.2, 0.25) is 11.8 Å². The van der Waals surface area contributed by atoms with Gasteiger partial charge in [0.15, 0.2) is 0 Å². The van der Waals surface area contributed by atoms with Crippen LogP contribution in [0.5, 0.6) is 0 Å². The van der Waals surface area contributed by atoms with Crippen molar-refractivity contribution >= 4 is 11.8 Å². The molecule has 0 bridgehead atoms. The number of unbranched alkanes of at least 4 members (excludes halogenated alkanes) is 1. The summed E-state index contributed by atoms with van der Waals surface area (Å²) in [7, 11) is 0. The number of nitrogens with zero attached hydrogens (tertiary/aromatic N) is 1. The summed E-state index contributed by atoms with van der Waals surface area (Å²) in [6, 6.07) is 25.9. The Kier molecular flexibility index (Phi) is 10.1. The molecule has 3 aromatic rings. The Bertz CT molecular complexity index is 1060. The van der Waals surface area contributed by atoms with Crippen molar-refractivity contribution in [2.75, 3.05) is 6.54 Å². The Balaban J connectivity index is 1.86. The van der Waals surface area contributed by atoms with Gasteiger partial charge in [-0.3, -0.25) is 9.59 Å². The number of aryl methyl sites for hydroxylation is 3. The van der Waals surface area contributed by atoms with Crippen LogP contribution in [0.2, 0.25) is 0 Å². The first kappa shape index (κ1) is 26.2. The first-order valence-electron chi connectivity index (χ1n) is 12.7. The Morgan fingerprint density at radius 3 is 2.00 bits per heavy atom. The predicted molar refractivity (Wildman–Crippen MR) is 143 cm³/mol. The predicted octanol–water partition coefficient (Wildman–Crippen LogP) is 5.79. The smallest absolute Gasteiger partial charge is 0.243 e. The van der Waals surface area contributed by atoms with Crippen molar-refractivity contribution in [3.05, 3.63) is 107 Å². The SMILES string of the molecule is CCCCNC(=O)C(Cc1ccccc1)N(Cc1ccc(C)cc1)C(=O)CCc1ccc(C)cc1. The topological polar surface area (TPSA) is 49.4 Å². The van der Waals surface area contributed by atoms with E-state index in [-0.39, 0.29) is 11.8 Å². The third-order valence-electron chi connectivity index (χ3n) is 6.32. The summed E-state index contributed by atoms with van der Waals surface area (Å²) in [5, 5.41) is 3.08. The van der Waals surface area contributed by atoms with Gasteiger partial charge in [-0.15, -0.1) is 0 Å². The van der Waals surface area contributed by atoms with Crippen molar-refractivity contribution < 1.29 is 9.59 Å². The molecule has 184 valence electrons. The summed E-state index contributed by atoms with van der Waals surface area (Å²) in [6.45, 7) is 7.24. The highest BCUT2D eigenvalue weighted by Crippen LogP contribution is 2.17. The van der Waals surface area contributed by atoms with Crippen molar-refractivity contribution in [3.63, 3.8) is 0 Å². The van der Waals surface area contributed by atoms with Crippen LogP contribution >= 0.6 is 0 Å². The van der Waals surface area contributed by atoms with Crippen LogP contribution in [0.15, 0.2) is 78.9 Å². The Hall–Kier alpha value is -3.40. The van der Waals surface area contributed by atoms with Crippen LogP contribution in [0.3, 0.4) is 0 Å². The van der Waals surface area contributed by atoms with Crippen molar-refractivity contribution in [2.45, 2.75) is 65.5 Å². The van der Waals surface area contributed by atoms with Gasteiger partial charge in [0.1, 0.15) is 6.04 Å². The van der Waals surface area contributed by atoms with Crippen LogP contribution in [0.25, 0.3) is 0 Å². The Morgan fingerprint density at radius 2 is 1.40 bits per heavy atom. The fourth-order valence-electron chi connectivity index (χ4n) is 4.10. The lowest BCUT2D eigenvalue weighted by molar-refractivity contribution is -0.141. The largest absolute Gasteiger partial charge is 0.354 e. The highest BCUT2D eigenvalue weighted by atomic mass is 16.2. The van der Waals surface area contributed by atoms with Crippen LogP contribution in [-0.2, 0) is 29.0 Å². The number of benzene rings is 3. The molecule has 0 saturated heterocycles. The lowest BCUT2D eigenvalue weighted by Gasteiger charge is -2.32. The molecular weight excluding hydrogens is 432 g/mol. The average molecular weight is 471 g/mol. The molecular formula is C31H38N2O2. The maximum atomic E-state index is 13.7. The number of amides is 2. The normalized spacial score (nSPS) is 11.6. The molecule has 0 aromatic heterocycles. The van der Waals surface area contributed by atoms with Crippen LogP contribution in [0.4, 0.5) is 0 Å². The van der Waals surface area contributed by atoms with E-state index in [1.807, 2.05) is 49.4 Å². The molecule has 0 spiro atoms. The van der Waals surface area contributed by atoms with Crippen molar-refractivity contribution in [1.82, 2.24) is 10.2 Å². The van der Waals surface area contributed by atoms with Crippen LogP contribution in [0.1, 0.15) is 54.0 Å². The second-order valence-corrected chi connectivity index (χ2v) is 9.34. The van der Waals surface area contributed by atoms with Gasteiger partial charge >= 0.3 is 0 Å². The zero-order valence-corrected chi connectivity index (χ0v) is 21.3. The zero-order valence-electron chi connectivity index (χ0n) is 21.3. The Morgan fingerprint density at radius 1 is 0.800 bits per heavy atom. The molecule has 3 aromatic carbocycles. The maximum absolute atomic E-state index is 13.7. The van der Waals surface area contributed by atoms with E-state index < -0.39 is 6.04 Å². The van der Waals surface area contributed by atoms with E-state index in [0.717, 1.165) is 29.5 Å². The number of hydrogen-bond acceptors (Lipinski definition) is 2. The van der Waals surface area contributed by atoms with Gasteiger partial charge in [-0.05, 0) is 43.4 Å². The fraction of sp³-hybridized carbons (Fsp3) is 0.355. The number of nitrogens with one attached hydrogen (secondary N) is 1. The van der Waals surface area contributed by atoms with Crippen molar-refractivity contribution in [3.8, 4) is 0 Å². The molecule has 0 aliphatic rings. The van der Waals surface area contributed by atoms with Gasteiger partial charge in [-0.1, -0.05) is 103 Å². The van der Waals surface area contributed by atoms with E-state index in [4.69, 9.17) is 0 Å². The zero-order chi connectivity index (χ0) is 25.0. The molecule has 0 fully saturated rings. The number of carbonyl (C=O) groups is 2. The average Bonchev–Trinajstić information content (AvgIpc) is 2.87. The minimum Gasteiger partial charge on any atom is -0.354 e. The standard InChI is InChI=1S/C31H38N2O2/c1-4-5-21-32-31(35)29(22-27-9-7-6-8-10-27)33(23-28-17-13-25(3)14-18-28)30(34)20-19-26-15-11-24(2)12-16-26/h6-18,29H,4-5,19-23H2,1-3H3,(H,32,35). The number of hydrogen-bond donors (Lipinski definition) is 1. The minimum atomic E-state index is -0.568. The summed E-state index contributed by atoms with van der Waals surface area (Å²) in [6.07, 6.45) is 3.43. The van der Waals surface area contributed by atoms with E-state index >= 15 is 0 Å². The Labute approximate surface area is 210 Å². The van der Waals surface area contributed by atoms with Gasteiger partial charge in [-0.2, -0.15) is 0 Å². The number of carbonyl (C=O) groups excluding carboxylic acids is 2. The molecule has 2 amide bonds. The summed E-state index contributed by atoms with van der Waals surface area (Å²) in [5.74, 6) is -0.0872. The minimum absolute atomic E-state index is 0.00211. The van der Waals surface area contributed by atoms with Gasteiger partial charge in [0.25, 0.3) is 0 Å². The molecule has 0 aliphatic carbocycles. The van der Waals surface area contributed by atoms with Crippen LogP contribution in [0, 0.1) is 13.8 Å². The van der Waals surface area contributed by atoms with Crippen LogP contribution < -0.4 is 5.32 Å². The van der Waals surface area contributed by atoms with Gasteiger partial charge in [0, 0.05) is 25.9 Å². The van der Waals surface area contributed by atoms with E-state index in [2.05, 4.69) is 55.6 Å². The number of rotatable bonds is 12. The summed E-state index contributed by atoms with van der Waals surface area (Å²) < 4.78 is 0. The second kappa shape index (κ2) is 13.5. The van der Waals surface area contributed by atoms with Crippen LogP contribution in [-0.4, -0.2) is 29.3 Å². The third kappa shape index (κ3) is 8.40. The van der Waals surface area contributed by atoms with Gasteiger partial charge in [0.05, 0.1) is 0 Å². The summed E-state index contributed by atoms with van der Waals surface area (Å²) in [5.41, 5.74) is 5.57. The van der Waals surface area contributed by atoms with E-state index in [1.165, 1.54) is 11.1 Å². The highest BCUT2D eigenvalue weighted by Gasteiger charge is 2.30. The molecule has 1 unspecified atom stereocenters. The molecule has 4 nitrogen and oxygen atoms in total. The highest BCUT2D eigenvalue weighted by molar-refractivity contribution is 5.88. The molecule has 0 heterocycles. The first-order chi connectivity index (χ1) is 17.0. The van der Waals surface area contributed by atoms with Gasteiger partial charge < -0.3 is 10.2 Å². The van der Waals surface area contributed by atoms with Gasteiger partial charge in [-0.25, -0.2) is 0 Å². The first-order valence-corrected chi connectivity index (χ1v) is 12.7. The lowest BCUT2D eigenvalue weighted by Crippen LogP contribution is -2.50. The van der Waals surface area contributed by atoms with E-state index in [9.17, 15) is 9.59 Å².